The Morgan fingerprint density at radius 1 is 1.04 bits per heavy atom. The molecule has 0 heterocycles. The van der Waals surface area contributed by atoms with Crippen LogP contribution in [0.25, 0.3) is 0 Å². The van der Waals surface area contributed by atoms with Crippen LogP contribution >= 0.6 is 0 Å². The van der Waals surface area contributed by atoms with E-state index in [-0.39, 0.29) is 18.4 Å². The Hall–Kier alpha value is -2.62. The van der Waals surface area contributed by atoms with Crippen molar-refractivity contribution in [1.82, 2.24) is 4.90 Å². The number of benzene rings is 2. The number of carbonyl (C=O) groups excluding carboxylic acids is 2. The maximum atomic E-state index is 12.3. The van der Waals surface area contributed by atoms with E-state index in [1.807, 2.05) is 31.2 Å². The van der Waals surface area contributed by atoms with Gasteiger partial charge in [-0.2, -0.15) is 0 Å². The van der Waals surface area contributed by atoms with Crippen molar-refractivity contribution >= 4 is 17.5 Å². The zero-order valence-electron chi connectivity index (χ0n) is 16.8. The summed E-state index contributed by atoms with van der Waals surface area (Å²) < 4.78 is 0. The third kappa shape index (κ3) is 6.24. The number of para-hydroxylation sites is 1. The lowest BCUT2D eigenvalue weighted by atomic mass is 10.0. The molecule has 0 aromatic heterocycles. The van der Waals surface area contributed by atoms with Gasteiger partial charge in [0, 0.05) is 19.2 Å². The molecule has 0 aliphatic carbocycles. The number of anilines is 1. The van der Waals surface area contributed by atoms with Gasteiger partial charge in [-0.05, 0) is 41.5 Å². The molecule has 1 N–H and O–H groups in total. The van der Waals surface area contributed by atoms with E-state index >= 15 is 0 Å². The molecule has 0 radical (unpaired) electrons. The molecule has 0 saturated heterocycles. The largest absolute Gasteiger partial charge is 0.336 e. The van der Waals surface area contributed by atoms with Crippen molar-refractivity contribution in [3.05, 3.63) is 65.2 Å². The van der Waals surface area contributed by atoms with E-state index in [4.69, 9.17) is 0 Å². The first-order valence-corrected chi connectivity index (χ1v) is 9.61. The maximum Gasteiger partial charge on any atom is 0.243 e. The number of hydrogen-bond acceptors (Lipinski definition) is 2. The second-order valence-electron chi connectivity index (χ2n) is 7.20. The first-order chi connectivity index (χ1) is 12.9. The van der Waals surface area contributed by atoms with Crippen molar-refractivity contribution in [2.24, 2.45) is 0 Å². The number of aryl methyl sites for hydroxylation is 2. The molecule has 2 aromatic rings. The topological polar surface area (TPSA) is 49.4 Å². The summed E-state index contributed by atoms with van der Waals surface area (Å²) >= 11 is 0. The Kier molecular flexibility index (Phi) is 7.59. The Morgan fingerprint density at radius 2 is 1.70 bits per heavy atom. The van der Waals surface area contributed by atoms with E-state index in [9.17, 15) is 9.59 Å². The van der Waals surface area contributed by atoms with Gasteiger partial charge in [-0.15, -0.1) is 0 Å². The highest BCUT2D eigenvalue weighted by Crippen LogP contribution is 2.16. The lowest BCUT2D eigenvalue weighted by Crippen LogP contribution is -2.35. The summed E-state index contributed by atoms with van der Waals surface area (Å²) in [5.41, 5.74) is 4.34. The minimum atomic E-state index is -0.173. The summed E-state index contributed by atoms with van der Waals surface area (Å²) in [5.74, 6) is 0.304. The summed E-state index contributed by atoms with van der Waals surface area (Å²) in [7, 11) is 1.68. The minimum Gasteiger partial charge on any atom is -0.336 e. The lowest BCUT2D eigenvalue weighted by molar-refractivity contribution is -0.133. The van der Waals surface area contributed by atoms with Gasteiger partial charge < -0.3 is 10.2 Å². The van der Waals surface area contributed by atoms with Gasteiger partial charge in [0.25, 0.3) is 0 Å². The molecule has 4 heteroatoms. The monoisotopic (exact) mass is 366 g/mol. The molecule has 2 rings (SSSR count). The fourth-order valence-corrected chi connectivity index (χ4v) is 2.96. The summed E-state index contributed by atoms with van der Waals surface area (Å²) in [6.07, 6.45) is 1.93. The maximum absolute atomic E-state index is 12.3. The average molecular weight is 367 g/mol. The van der Waals surface area contributed by atoms with Gasteiger partial charge in [-0.3, -0.25) is 9.59 Å². The molecule has 0 aliphatic rings. The van der Waals surface area contributed by atoms with Crippen LogP contribution in [0, 0.1) is 0 Å². The Labute approximate surface area is 162 Å². The minimum absolute atomic E-state index is 0.0261. The van der Waals surface area contributed by atoms with Crippen molar-refractivity contribution in [3.63, 3.8) is 0 Å². The highest BCUT2D eigenvalue weighted by molar-refractivity contribution is 5.95. The van der Waals surface area contributed by atoms with Gasteiger partial charge in [-0.25, -0.2) is 0 Å². The predicted octanol–water partition coefficient (Wildman–Crippen LogP) is 4.40. The molecule has 0 saturated carbocycles. The standard InChI is InChI=1S/C23H30N2O2/c1-5-19-8-6-7-9-21(19)24-22(26)16-25(4)23(27)15-12-18-10-13-20(14-11-18)17(2)3/h6-11,13-14,17H,5,12,15-16H2,1-4H3,(H,24,26). The smallest absolute Gasteiger partial charge is 0.243 e. The summed E-state index contributed by atoms with van der Waals surface area (Å²) in [6.45, 7) is 6.44. The van der Waals surface area contributed by atoms with E-state index < -0.39 is 0 Å². The molecule has 2 aromatic carbocycles. The summed E-state index contributed by atoms with van der Waals surface area (Å²) in [6, 6.07) is 16.1. The number of rotatable bonds is 8. The first-order valence-electron chi connectivity index (χ1n) is 9.61. The third-order valence-corrected chi connectivity index (χ3v) is 4.75. The molecule has 27 heavy (non-hydrogen) atoms. The van der Waals surface area contributed by atoms with Crippen molar-refractivity contribution in [2.75, 3.05) is 18.9 Å². The van der Waals surface area contributed by atoms with E-state index in [2.05, 4.69) is 43.4 Å². The Bertz CT molecular complexity index is 766. The number of likely N-dealkylation sites (N-methyl/N-ethyl adjacent to an activating group) is 1. The second kappa shape index (κ2) is 9.91. The van der Waals surface area contributed by atoms with Gasteiger partial charge in [0.05, 0.1) is 6.54 Å². The van der Waals surface area contributed by atoms with E-state index in [0.717, 1.165) is 23.2 Å². The van der Waals surface area contributed by atoms with Crippen molar-refractivity contribution < 1.29 is 9.59 Å². The second-order valence-corrected chi connectivity index (χ2v) is 7.20. The first kappa shape index (κ1) is 20.7. The molecule has 0 unspecified atom stereocenters. The van der Waals surface area contributed by atoms with Gasteiger partial charge in [0.15, 0.2) is 0 Å². The molecule has 0 spiro atoms. The van der Waals surface area contributed by atoms with Crippen LogP contribution < -0.4 is 5.32 Å². The number of hydrogen-bond donors (Lipinski definition) is 1. The number of carbonyl (C=O) groups is 2. The molecule has 0 aliphatic heterocycles. The fourth-order valence-electron chi connectivity index (χ4n) is 2.96. The van der Waals surface area contributed by atoms with Crippen LogP contribution in [0.1, 0.15) is 49.8 Å². The Balaban J connectivity index is 1.83. The van der Waals surface area contributed by atoms with Crippen LogP contribution in [0.3, 0.4) is 0 Å². The van der Waals surface area contributed by atoms with Crippen LogP contribution in [0.2, 0.25) is 0 Å². The van der Waals surface area contributed by atoms with Crippen molar-refractivity contribution in [1.29, 1.82) is 0 Å². The summed E-state index contributed by atoms with van der Waals surface area (Å²) in [5, 5.41) is 2.90. The van der Waals surface area contributed by atoms with Crippen molar-refractivity contribution in [3.8, 4) is 0 Å². The fraction of sp³-hybridized carbons (Fsp3) is 0.391. The van der Waals surface area contributed by atoms with Gasteiger partial charge in [-0.1, -0.05) is 63.2 Å². The van der Waals surface area contributed by atoms with Crippen molar-refractivity contribution in [2.45, 2.75) is 46.0 Å². The van der Waals surface area contributed by atoms with Crippen LogP contribution in [-0.2, 0) is 22.4 Å². The molecule has 144 valence electrons. The van der Waals surface area contributed by atoms with E-state index in [1.54, 1.807) is 7.05 Å². The normalized spacial score (nSPS) is 10.7. The highest BCUT2D eigenvalue weighted by atomic mass is 16.2. The number of nitrogens with zero attached hydrogens (tertiary/aromatic N) is 1. The van der Waals surface area contributed by atoms with Crippen LogP contribution in [0.5, 0.6) is 0 Å². The number of nitrogens with one attached hydrogen (secondary N) is 1. The van der Waals surface area contributed by atoms with Gasteiger partial charge in [0.1, 0.15) is 0 Å². The molecule has 0 bridgehead atoms. The predicted molar refractivity (Wildman–Crippen MR) is 111 cm³/mol. The number of amides is 2. The van der Waals surface area contributed by atoms with Crippen LogP contribution in [0.4, 0.5) is 5.69 Å². The average Bonchev–Trinajstić information content (AvgIpc) is 2.66. The Morgan fingerprint density at radius 3 is 2.33 bits per heavy atom. The van der Waals surface area contributed by atoms with Crippen LogP contribution in [0.15, 0.2) is 48.5 Å². The quantitative estimate of drug-likeness (QED) is 0.753. The SMILES string of the molecule is CCc1ccccc1NC(=O)CN(C)C(=O)CCc1ccc(C(C)C)cc1. The van der Waals surface area contributed by atoms with E-state index in [1.165, 1.54) is 10.5 Å². The zero-order valence-corrected chi connectivity index (χ0v) is 16.8. The third-order valence-electron chi connectivity index (χ3n) is 4.75. The molecular weight excluding hydrogens is 336 g/mol. The van der Waals surface area contributed by atoms with Crippen LogP contribution in [-0.4, -0.2) is 30.3 Å². The molecule has 2 amide bonds. The molecule has 0 fully saturated rings. The molecular formula is C23H30N2O2. The lowest BCUT2D eigenvalue weighted by Gasteiger charge is -2.18. The van der Waals surface area contributed by atoms with Gasteiger partial charge >= 0.3 is 0 Å². The van der Waals surface area contributed by atoms with Gasteiger partial charge in [0.2, 0.25) is 11.8 Å². The molecule has 0 atom stereocenters. The highest BCUT2D eigenvalue weighted by Gasteiger charge is 2.14. The molecule has 4 nitrogen and oxygen atoms in total. The van der Waals surface area contributed by atoms with E-state index in [0.29, 0.717) is 18.8 Å². The summed E-state index contributed by atoms with van der Waals surface area (Å²) in [4.78, 5) is 26.1. The zero-order chi connectivity index (χ0) is 19.8.